The van der Waals surface area contributed by atoms with Gasteiger partial charge in [-0.1, -0.05) is 61.5 Å². The van der Waals surface area contributed by atoms with Gasteiger partial charge in [0.15, 0.2) is 5.82 Å². The number of nitrogens with zero attached hydrogens (tertiary/aromatic N) is 4. The van der Waals surface area contributed by atoms with E-state index >= 15 is 0 Å². The monoisotopic (exact) mass is 520 g/mol. The average molecular weight is 521 g/mol. The standard InChI is InChI=1S/C28H30F2N6O2/c1-2-19-7-6-8-20(11-19)16-31-17-26(37)25(14-21-12-23(29)15-24(30)13-21)32-27(38)18-36-28(33-34-35-36)22-9-4-3-5-10-22/h3-13,15,25-26,31,37H,2,14,16-18H2,1H3,(H,32,38)/t25-,26-/m1/s1. The first-order valence-electron chi connectivity index (χ1n) is 12.4. The number of aryl methyl sites for hydroxylation is 1. The van der Waals surface area contributed by atoms with Crippen LogP contribution in [0.1, 0.15) is 23.6 Å². The van der Waals surface area contributed by atoms with Gasteiger partial charge < -0.3 is 15.7 Å². The average Bonchev–Trinajstić information content (AvgIpc) is 3.36. The highest BCUT2D eigenvalue weighted by Crippen LogP contribution is 2.15. The first-order chi connectivity index (χ1) is 18.4. The smallest absolute Gasteiger partial charge is 0.242 e. The molecule has 0 aliphatic carbocycles. The molecule has 3 N–H and O–H groups in total. The molecule has 0 aliphatic heterocycles. The summed E-state index contributed by atoms with van der Waals surface area (Å²) in [6.07, 6.45) is -0.0975. The van der Waals surface area contributed by atoms with E-state index in [0.717, 1.165) is 23.6 Å². The minimum Gasteiger partial charge on any atom is -0.390 e. The first kappa shape index (κ1) is 27.0. The van der Waals surface area contributed by atoms with Crippen LogP contribution in [0.2, 0.25) is 0 Å². The van der Waals surface area contributed by atoms with Crippen molar-refractivity contribution in [3.63, 3.8) is 0 Å². The lowest BCUT2D eigenvalue weighted by Gasteiger charge is -2.25. The van der Waals surface area contributed by atoms with Gasteiger partial charge in [0.1, 0.15) is 18.2 Å². The number of nitrogens with one attached hydrogen (secondary N) is 2. The van der Waals surface area contributed by atoms with Crippen molar-refractivity contribution in [1.29, 1.82) is 0 Å². The zero-order valence-electron chi connectivity index (χ0n) is 21.0. The Kier molecular flexibility index (Phi) is 9.23. The Bertz CT molecular complexity index is 1330. The van der Waals surface area contributed by atoms with Crippen LogP contribution in [0.25, 0.3) is 11.4 Å². The van der Waals surface area contributed by atoms with E-state index in [-0.39, 0.29) is 19.5 Å². The van der Waals surface area contributed by atoms with Gasteiger partial charge in [0.25, 0.3) is 0 Å². The molecule has 0 unspecified atom stereocenters. The topological polar surface area (TPSA) is 105 Å². The number of amides is 1. The molecule has 3 aromatic carbocycles. The van der Waals surface area contributed by atoms with Gasteiger partial charge in [-0.05, 0) is 52.1 Å². The van der Waals surface area contributed by atoms with E-state index in [4.69, 9.17) is 0 Å². The molecule has 2 atom stereocenters. The summed E-state index contributed by atoms with van der Waals surface area (Å²) in [5, 5.41) is 28.6. The van der Waals surface area contributed by atoms with Crippen LogP contribution in [-0.4, -0.2) is 49.9 Å². The van der Waals surface area contributed by atoms with Crippen molar-refractivity contribution in [1.82, 2.24) is 30.8 Å². The number of rotatable bonds is 12. The van der Waals surface area contributed by atoms with Crippen LogP contribution in [0.3, 0.4) is 0 Å². The van der Waals surface area contributed by atoms with Gasteiger partial charge in [-0.2, -0.15) is 0 Å². The summed E-state index contributed by atoms with van der Waals surface area (Å²) in [5.41, 5.74) is 3.33. The van der Waals surface area contributed by atoms with E-state index in [2.05, 4.69) is 45.2 Å². The third-order valence-corrected chi connectivity index (χ3v) is 6.13. The fourth-order valence-electron chi connectivity index (χ4n) is 4.23. The summed E-state index contributed by atoms with van der Waals surface area (Å²) in [6, 6.07) is 19.6. The number of benzene rings is 3. The maximum atomic E-state index is 13.8. The fourth-order valence-corrected chi connectivity index (χ4v) is 4.23. The van der Waals surface area contributed by atoms with Crippen molar-refractivity contribution in [2.24, 2.45) is 0 Å². The predicted molar refractivity (Wildman–Crippen MR) is 139 cm³/mol. The van der Waals surface area contributed by atoms with Gasteiger partial charge in [-0.15, -0.1) is 5.10 Å². The Labute approximate surface area is 219 Å². The molecule has 4 aromatic rings. The predicted octanol–water partition coefficient (Wildman–Crippen LogP) is 3.06. The van der Waals surface area contributed by atoms with Crippen molar-refractivity contribution in [2.45, 2.75) is 45.0 Å². The summed E-state index contributed by atoms with van der Waals surface area (Å²) in [7, 11) is 0. The second-order valence-corrected chi connectivity index (χ2v) is 9.05. The largest absolute Gasteiger partial charge is 0.390 e. The molecule has 0 saturated carbocycles. The highest BCUT2D eigenvalue weighted by atomic mass is 19.1. The van der Waals surface area contributed by atoms with E-state index < -0.39 is 29.7 Å². The quantitative estimate of drug-likeness (QED) is 0.265. The minimum absolute atomic E-state index is 0.0235. The van der Waals surface area contributed by atoms with Gasteiger partial charge in [-0.3, -0.25) is 4.79 Å². The molecule has 0 bridgehead atoms. The zero-order valence-corrected chi connectivity index (χ0v) is 21.0. The molecule has 1 aromatic heterocycles. The molecule has 198 valence electrons. The van der Waals surface area contributed by atoms with Crippen LogP contribution in [0.4, 0.5) is 8.78 Å². The van der Waals surface area contributed by atoms with Crippen LogP contribution in [0.15, 0.2) is 72.8 Å². The van der Waals surface area contributed by atoms with Crippen LogP contribution in [0.5, 0.6) is 0 Å². The van der Waals surface area contributed by atoms with Crippen LogP contribution >= 0.6 is 0 Å². The molecule has 1 amide bonds. The molecule has 8 nitrogen and oxygen atoms in total. The molecule has 1 heterocycles. The molecule has 38 heavy (non-hydrogen) atoms. The Morgan fingerprint density at radius 3 is 2.45 bits per heavy atom. The zero-order chi connectivity index (χ0) is 26.9. The van der Waals surface area contributed by atoms with Crippen molar-refractivity contribution < 1.29 is 18.7 Å². The molecule has 0 radical (unpaired) electrons. The summed E-state index contributed by atoms with van der Waals surface area (Å²) in [4.78, 5) is 13.0. The Morgan fingerprint density at radius 2 is 1.71 bits per heavy atom. The lowest BCUT2D eigenvalue weighted by atomic mass is 10.0. The molecule has 0 spiro atoms. The number of carbonyl (C=O) groups excluding carboxylic acids is 1. The Morgan fingerprint density at radius 1 is 0.974 bits per heavy atom. The number of hydrogen-bond acceptors (Lipinski definition) is 6. The van der Waals surface area contributed by atoms with Gasteiger partial charge >= 0.3 is 0 Å². The van der Waals surface area contributed by atoms with Gasteiger partial charge in [-0.25, -0.2) is 13.5 Å². The summed E-state index contributed by atoms with van der Waals surface area (Å²) >= 11 is 0. The van der Waals surface area contributed by atoms with Crippen molar-refractivity contribution in [3.8, 4) is 11.4 Å². The summed E-state index contributed by atoms with van der Waals surface area (Å²) in [5.74, 6) is -1.49. The van der Waals surface area contributed by atoms with E-state index in [1.165, 1.54) is 22.4 Å². The molecular weight excluding hydrogens is 490 g/mol. The van der Waals surface area contributed by atoms with Gasteiger partial charge in [0.05, 0.1) is 12.1 Å². The molecule has 0 aliphatic rings. The highest BCUT2D eigenvalue weighted by molar-refractivity contribution is 5.76. The molecule has 4 rings (SSSR count). The molecule has 0 fully saturated rings. The SMILES string of the molecule is CCc1cccc(CNC[C@@H](O)[C@@H](Cc2cc(F)cc(F)c2)NC(=O)Cn2nnnc2-c2ccccc2)c1. The third kappa shape index (κ3) is 7.50. The summed E-state index contributed by atoms with van der Waals surface area (Å²) in [6.45, 7) is 2.55. The van der Waals surface area contributed by atoms with Crippen LogP contribution < -0.4 is 10.6 Å². The number of hydrogen-bond donors (Lipinski definition) is 3. The number of tetrazole rings is 1. The lowest BCUT2D eigenvalue weighted by Crippen LogP contribution is -2.49. The lowest BCUT2D eigenvalue weighted by molar-refractivity contribution is -0.123. The Balaban J connectivity index is 1.44. The number of aliphatic hydroxyl groups excluding tert-OH is 1. The first-order valence-corrected chi connectivity index (χ1v) is 12.4. The van der Waals surface area contributed by atoms with Crippen molar-refractivity contribution in [3.05, 3.63) is 101 Å². The van der Waals surface area contributed by atoms with Crippen LogP contribution in [-0.2, 0) is 30.7 Å². The number of halogens is 2. The maximum Gasteiger partial charge on any atom is 0.242 e. The molecular formula is C28H30F2N6O2. The van der Waals surface area contributed by atoms with Crippen LogP contribution in [0, 0.1) is 11.6 Å². The maximum absolute atomic E-state index is 13.8. The van der Waals surface area contributed by atoms with Crippen molar-refractivity contribution >= 4 is 5.91 Å². The summed E-state index contributed by atoms with van der Waals surface area (Å²) < 4.78 is 29.0. The number of aromatic nitrogens is 4. The Hall–Kier alpha value is -4.02. The number of carbonyl (C=O) groups is 1. The second-order valence-electron chi connectivity index (χ2n) is 9.05. The van der Waals surface area contributed by atoms with E-state index in [9.17, 15) is 18.7 Å². The van der Waals surface area contributed by atoms with Gasteiger partial charge in [0, 0.05) is 24.7 Å². The molecule has 10 heteroatoms. The minimum atomic E-state index is -1.04. The highest BCUT2D eigenvalue weighted by Gasteiger charge is 2.23. The fraction of sp³-hybridized carbons (Fsp3) is 0.286. The van der Waals surface area contributed by atoms with Gasteiger partial charge in [0.2, 0.25) is 5.91 Å². The third-order valence-electron chi connectivity index (χ3n) is 6.13. The second kappa shape index (κ2) is 13.0. The van der Waals surface area contributed by atoms with Crippen molar-refractivity contribution in [2.75, 3.05) is 6.54 Å². The number of aliphatic hydroxyl groups is 1. The molecule has 0 saturated heterocycles. The van der Waals surface area contributed by atoms with E-state index in [0.29, 0.717) is 17.9 Å². The van der Waals surface area contributed by atoms with E-state index in [1.54, 1.807) is 0 Å². The van der Waals surface area contributed by atoms with E-state index in [1.807, 2.05) is 42.5 Å². The normalized spacial score (nSPS) is 12.7.